The van der Waals surface area contributed by atoms with Gasteiger partial charge in [0.15, 0.2) is 0 Å². The minimum absolute atomic E-state index is 0.198. The molecule has 90 valence electrons. The lowest BCUT2D eigenvalue weighted by Gasteiger charge is -2.15. The van der Waals surface area contributed by atoms with Crippen LogP contribution in [0, 0.1) is 5.92 Å². The van der Waals surface area contributed by atoms with E-state index in [1.54, 1.807) is 12.2 Å². The molecule has 0 aliphatic heterocycles. The Labute approximate surface area is 94.7 Å². The van der Waals surface area contributed by atoms with Crippen molar-refractivity contribution in [2.45, 2.75) is 38.3 Å². The molecule has 1 amide bonds. The summed E-state index contributed by atoms with van der Waals surface area (Å²) in [6.45, 7) is 1.96. The zero-order valence-corrected chi connectivity index (χ0v) is 9.35. The lowest BCUT2D eigenvalue weighted by molar-refractivity contribution is -0.140. The Morgan fingerprint density at radius 3 is 2.75 bits per heavy atom. The second-order valence-electron chi connectivity index (χ2n) is 4.08. The standard InChI is InChI=1S/C11H18N2O3/c1-2-3-9(12)10(14)13-8-5-4-7(6-8)11(15)16/h4-5,7-9H,2-3,6,12H2,1H3,(H,13,14)(H,15,16)/t7?,8?,9-/m1/s1. The van der Waals surface area contributed by atoms with Crippen molar-refractivity contribution in [3.05, 3.63) is 12.2 Å². The van der Waals surface area contributed by atoms with Gasteiger partial charge in [-0.05, 0) is 12.8 Å². The van der Waals surface area contributed by atoms with E-state index in [4.69, 9.17) is 10.8 Å². The molecule has 3 atom stereocenters. The first-order valence-corrected chi connectivity index (χ1v) is 5.51. The number of carboxylic acids is 1. The maximum atomic E-state index is 11.5. The van der Waals surface area contributed by atoms with Crippen molar-refractivity contribution < 1.29 is 14.7 Å². The largest absolute Gasteiger partial charge is 0.481 e. The van der Waals surface area contributed by atoms with Crippen molar-refractivity contribution in [3.8, 4) is 0 Å². The summed E-state index contributed by atoms with van der Waals surface area (Å²) in [6, 6.07) is -0.696. The second-order valence-corrected chi connectivity index (χ2v) is 4.08. The zero-order valence-electron chi connectivity index (χ0n) is 9.35. The molecule has 0 aromatic rings. The van der Waals surface area contributed by atoms with E-state index in [1.807, 2.05) is 6.92 Å². The molecule has 1 rings (SSSR count). The number of carbonyl (C=O) groups excluding carboxylic acids is 1. The summed E-state index contributed by atoms with van der Waals surface area (Å²) in [5.41, 5.74) is 5.65. The molecule has 0 fully saturated rings. The van der Waals surface area contributed by atoms with Crippen LogP contribution in [0.3, 0.4) is 0 Å². The smallest absolute Gasteiger partial charge is 0.310 e. The summed E-state index contributed by atoms with van der Waals surface area (Å²) >= 11 is 0. The Morgan fingerprint density at radius 1 is 1.56 bits per heavy atom. The molecule has 4 N–H and O–H groups in total. The third-order valence-corrected chi connectivity index (χ3v) is 2.66. The summed E-state index contributed by atoms with van der Waals surface area (Å²) in [5.74, 6) is -1.55. The van der Waals surface area contributed by atoms with Gasteiger partial charge in [0.25, 0.3) is 0 Å². The van der Waals surface area contributed by atoms with E-state index < -0.39 is 17.9 Å². The molecule has 0 radical (unpaired) electrons. The van der Waals surface area contributed by atoms with Gasteiger partial charge >= 0.3 is 5.97 Å². The number of nitrogens with two attached hydrogens (primary N) is 1. The number of hydrogen-bond donors (Lipinski definition) is 3. The molecule has 0 saturated carbocycles. The van der Waals surface area contributed by atoms with Crippen molar-refractivity contribution in [2.75, 3.05) is 0 Å². The average Bonchev–Trinajstić information content (AvgIpc) is 2.66. The molecule has 5 nitrogen and oxygen atoms in total. The molecule has 5 heteroatoms. The molecular weight excluding hydrogens is 208 g/mol. The second kappa shape index (κ2) is 5.65. The van der Waals surface area contributed by atoms with Crippen LogP contribution >= 0.6 is 0 Å². The van der Waals surface area contributed by atoms with E-state index in [9.17, 15) is 9.59 Å². The van der Waals surface area contributed by atoms with Crippen LogP contribution < -0.4 is 11.1 Å². The number of amides is 1. The first kappa shape index (κ1) is 12.7. The highest BCUT2D eigenvalue weighted by Gasteiger charge is 2.26. The van der Waals surface area contributed by atoms with Crippen LogP contribution in [0.4, 0.5) is 0 Å². The molecular formula is C11H18N2O3. The number of hydrogen-bond acceptors (Lipinski definition) is 3. The average molecular weight is 226 g/mol. The number of carbonyl (C=O) groups is 2. The number of aliphatic carboxylic acids is 1. The Bertz CT molecular complexity index is 302. The molecule has 0 aromatic carbocycles. The van der Waals surface area contributed by atoms with Crippen LogP contribution in [0.15, 0.2) is 12.2 Å². The zero-order chi connectivity index (χ0) is 12.1. The molecule has 1 aliphatic carbocycles. The minimum atomic E-state index is -0.856. The number of carboxylic acid groups (broad SMARTS) is 1. The first-order chi connectivity index (χ1) is 7.54. The fraction of sp³-hybridized carbons (Fsp3) is 0.636. The fourth-order valence-electron chi connectivity index (χ4n) is 1.72. The predicted molar refractivity (Wildman–Crippen MR) is 59.7 cm³/mol. The van der Waals surface area contributed by atoms with E-state index in [2.05, 4.69) is 5.32 Å². The molecule has 0 heterocycles. The summed E-state index contributed by atoms with van der Waals surface area (Å²) < 4.78 is 0. The van der Waals surface area contributed by atoms with Crippen molar-refractivity contribution in [2.24, 2.45) is 11.7 Å². The van der Waals surface area contributed by atoms with Gasteiger partial charge in [0.2, 0.25) is 5.91 Å². The van der Waals surface area contributed by atoms with Crippen LogP contribution in [-0.4, -0.2) is 29.1 Å². The van der Waals surface area contributed by atoms with Gasteiger partial charge in [0, 0.05) is 6.04 Å². The first-order valence-electron chi connectivity index (χ1n) is 5.51. The van der Waals surface area contributed by atoms with Crippen LogP contribution in [0.1, 0.15) is 26.2 Å². The van der Waals surface area contributed by atoms with Crippen molar-refractivity contribution in [1.29, 1.82) is 0 Å². The van der Waals surface area contributed by atoms with E-state index in [-0.39, 0.29) is 11.9 Å². The van der Waals surface area contributed by atoms with Crippen molar-refractivity contribution in [3.63, 3.8) is 0 Å². The Balaban J connectivity index is 2.37. The van der Waals surface area contributed by atoms with Crippen LogP contribution in [0.5, 0.6) is 0 Å². The highest BCUT2D eigenvalue weighted by molar-refractivity contribution is 5.82. The van der Waals surface area contributed by atoms with Gasteiger partial charge in [0.05, 0.1) is 12.0 Å². The molecule has 0 saturated heterocycles. The van der Waals surface area contributed by atoms with Gasteiger partial charge in [-0.2, -0.15) is 0 Å². The van der Waals surface area contributed by atoms with E-state index >= 15 is 0 Å². The maximum absolute atomic E-state index is 11.5. The molecule has 0 aromatic heterocycles. The Morgan fingerprint density at radius 2 is 2.25 bits per heavy atom. The van der Waals surface area contributed by atoms with Gasteiger partial charge in [-0.3, -0.25) is 9.59 Å². The van der Waals surface area contributed by atoms with E-state index in [0.29, 0.717) is 12.8 Å². The molecule has 2 unspecified atom stereocenters. The third-order valence-electron chi connectivity index (χ3n) is 2.66. The molecule has 1 aliphatic rings. The van der Waals surface area contributed by atoms with Gasteiger partial charge in [0.1, 0.15) is 0 Å². The predicted octanol–water partition coefficient (Wildman–Crippen LogP) is 0.259. The summed E-state index contributed by atoms with van der Waals surface area (Å²) in [5, 5.41) is 11.5. The Hall–Kier alpha value is -1.36. The number of rotatable bonds is 5. The van der Waals surface area contributed by atoms with E-state index in [1.165, 1.54) is 0 Å². The van der Waals surface area contributed by atoms with E-state index in [0.717, 1.165) is 6.42 Å². The fourth-order valence-corrected chi connectivity index (χ4v) is 1.72. The topological polar surface area (TPSA) is 92.4 Å². The highest BCUT2D eigenvalue weighted by atomic mass is 16.4. The Kier molecular flexibility index (Phi) is 4.49. The molecule has 0 bridgehead atoms. The maximum Gasteiger partial charge on any atom is 0.310 e. The van der Waals surface area contributed by atoms with Gasteiger partial charge < -0.3 is 16.2 Å². The quantitative estimate of drug-likeness (QED) is 0.586. The highest BCUT2D eigenvalue weighted by Crippen LogP contribution is 2.17. The summed E-state index contributed by atoms with van der Waals surface area (Å²) in [6.07, 6.45) is 5.24. The van der Waals surface area contributed by atoms with Crippen LogP contribution in [-0.2, 0) is 9.59 Å². The van der Waals surface area contributed by atoms with Crippen LogP contribution in [0.25, 0.3) is 0 Å². The van der Waals surface area contributed by atoms with Crippen LogP contribution in [0.2, 0.25) is 0 Å². The third kappa shape index (κ3) is 3.34. The summed E-state index contributed by atoms with van der Waals surface area (Å²) in [4.78, 5) is 22.2. The van der Waals surface area contributed by atoms with Gasteiger partial charge in [-0.1, -0.05) is 25.5 Å². The monoisotopic (exact) mass is 226 g/mol. The van der Waals surface area contributed by atoms with Gasteiger partial charge in [-0.15, -0.1) is 0 Å². The van der Waals surface area contributed by atoms with Gasteiger partial charge in [-0.25, -0.2) is 0 Å². The lowest BCUT2D eigenvalue weighted by atomic mass is 10.1. The van der Waals surface area contributed by atoms with Crippen molar-refractivity contribution in [1.82, 2.24) is 5.32 Å². The van der Waals surface area contributed by atoms with Crippen molar-refractivity contribution >= 4 is 11.9 Å². The number of nitrogens with one attached hydrogen (secondary N) is 1. The molecule has 16 heavy (non-hydrogen) atoms. The summed E-state index contributed by atoms with van der Waals surface area (Å²) in [7, 11) is 0. The SMILES string of the molecule is CCC[C@@H](N)C(=O)NC1C=CC(C(=O)O)C1. The lowest BCUT2D eigenvalue weighted by Crippen LogP contribution is -2.44. The minimum Gasteiger partial charge on any atom is -0.481 e. The molecule has 0 spiro atoms. The normalized spacial score (nSPS) is 25.4.